The molecule has 0 amide bonds. The van der Waals surface area contributed by atoms with Crippen LogP contribution in [0.3, 0.4) is 0 Å². The molecule has 0 bridgehead atoms. The van der Waals surface area contributed by atoms with Crippen LogP contribution in [0.5, 0.6) is 0 Å². The molecule has 2 aliphatic heterocycles. The Hall–Kier alpha value is -0.870. The van der Waals surface area contributed by atoms with Gasteiger partial charge in [0.05, 0.1) is 10.5 Å². The Balaban J connectivity index is 0.00000225. The lowest BCUT2D eigenvalue weighted by Crippen LogP contribution is -2.52. The van der Waals surface area contributed by atoms with Crippen molar-refractivity contribution in [3.05, 3.63) is 29.8 Å². The van der Waals surface area contributed by atoms with Crippen molar-refractivity contribution >= 4 is 22.4 Å². The first-order valence-corrected chi connectivity index (χ1v) is 9.35. The molecule has 0 aliphatic carbocycles. The summed E-state index contributed by atoms with van der Waals surface area (Å²) in [6.45, 7) is 3.67. The molecule has 0 radical (unpaired) electrons. The van der Waals surface area contributed by atoms with Crippen LogP contribution in [0.1, 0.15) is 12.0 Å². The van der Waals surface area contributed by atoms with Crippen LogP contribution in [-0.4, -0.2) is 62.9 Å². The fourth-order valence-electron chi connectivity index (χ4n) is 3.24. The Kier molecular flexibility index (Phi) is 6.37. The van der Waals surface area contributed by atoms with Gasteiger partial charge in [0.2, 0.25) is 10.0 Å². The van der Waals surface area contributed by atoms with Crippen molar-refractivity contribution in [2.45, 2.75) is 23.5 Å². The number of rotatable bonds is 3. The van der Waals surface area contributed by atoms with E-state index in [1.807, 2.05) is 0 Å². The summed E-state index contributed by atoms with van der Waals surface area (Å²) in [6, 6.07) is 4.36. The zero-order chi connectivity index (χ0) is 17.4. The van der Waals surface area contributed by atoms with Gasteiger partial charge in [-0.1, -0.05) is 6.07 Å². The lowest BCUT2D eigenvalue weighted by atomic mass is 10.2. The third-order valence-electron chi connectivity index (χ3n) is 4.62. The smallest absolute Gasteiger partial charge is 0.315 e. The highest BCUT2D eigenvalue weighted by Crippen LogP contribution is 2.31. The highest BCUT2D eigenvalue weighted by atomic mass is 35.5. The molecule has 2 heterocycles. The van der Waals surface area contributed by atoms with Crippen LogP contribution >= 0.6 is 12.4 Å². The van der Waals surface area contributed by atoms with E-state index in [1.165, 1.54) is 10.4 Å². The van der Waals surface area contributed by atoms with Crippen molar-refractivity contribution in [3.63, 3.8) is 0 Å². The van der Waals surface area contributed by atoms with E-state index in [0.717, 1.165) is 31.6 Å². The molecule has 1 aromatic carbocycles. The number of nitrogens with zero attached hydrogens (tertiary/aromatic N) is 2. The molecule has 25 heavy (non-hydrogen) atoms. The van der Waals surface area contributed by atoms with E-state index in [2.05, 4.69) is 10.2 Å². The maximum atomic E-state index is 12.8. The largest absolute Gasteiger partial charge is 0.416 e. The first-order valence-electron chi connectivity index (χ1n) is 7.91. The summed E-state index contributed by atoms with van der Waals surface area (Å²) in [5.74, 6) is 0. The van der Waals surface area contributed by atoms with Crippen LogP contribution in [0.15, 0.2) is 29.2 Å². The average Bonchev–Trinajstić information content (AvgIpc) is 3.09. The van der Waals surface area contributed by atoms with Crippen molar-refractivity contribution in [1.29, 1.82) is 0 Å². The molecule has 1 N–H and O–H groups in total. The Morgan fingerprint density at radius 2 is 1.80 bits per heavy atom. The van der Waals surface area contributed by atoms with Crippen LogP contribution in [0, 0.1) is 0 Å². The van der Waals surface area contributed by atoms with Crippen LogP contribution < -0.4 is 5.32 Å². The Labute approximate surface area is 151 Å². The minimum atomic E-state index is -4.56. The van der Waals surface area contributed by atoms with E-state index in [9.17, 15) is 21.6 Å². The Morgan fingerprint density at radius 1 is 1.12 bits per heavy atom. The summed E-state index contributed by atoms with van der Waals surface area (Å²) in [5, 5.41) is 3.28. The predicted molar refractivity (Wildman–Crippen MR) is 90.3 cm³/mol. The number of halogens is 4. The molecule has 2 saturated heterocycles. The lowest BCUT2D eigenvalue weighted by molar-refractivity contribution is -0.137. The second kappa shape index (κ2) is 7.79. The molecule has 0 saturated carbocycles. The number of alkyl halides is 3. The molecule has 1 atom stereocenters. The zero-order valence-electron chi connectivity index (χ0n) is 13.5. The molecule has 142 valence electrons. The summed E-state index contributed by atoms with van der Waals surface area (Å²) in [6.07, 6.45) is -3.51. The molecule has 5 nitrogen and oxygen atoms in total. The van der Waals surface area contributed by atoms with Crippen molar-refractivity contribution in [3.8, 4) is 0 Å². The quantitative estimate of drug-likeness (QED) is 0.842. The molecular formula is C15H21ClF3N3O2S. The van der Waals surface area contributed by atoms with Gasteiger partial charge in [-0.05, 0) is 31.2 Å². The van der Waals surface area contributed by atoms with Crippen molar-refractivity contribution in [2.75, 3.05) is 39.3 Å². The van der Waals surface area contributed by atoms with Gasteiger partial charge in [-0.25, -0.2) is 8.42 Å². The summed E-state index contributed by atoms with van der Waals surface area (Å²) in [5.41, 5.74) is -0.945. The predicted octanol–water partition coefficient (Wildman–Crippen LogP) is 1.80. The summed E-state index contributed by atoms with van der Waals surface area (Å²) in [4.78, 5) is 1.95. The van der Waals surface area contributed by atoms with Gasteiger partial charge < -0.3 is 5.32 Å². The van der Waals surface area contributed by atoms with Crippen molar-refractivity contribution < 1.29 is 21.6 Å². The SMILES string of the molecule is Cl.O=S(=O)(c1cccc(C(F)(F)F)c1)N1CCN(C2CCNC2)CC1. The number of sulfonamides is 1. The standard InChI is InChI=1S/C15H20F3N3O2S.ClH/c16-15(17,18)12-2-1-3-14(10-12)24(22,23)21-8-6-20(7-9-21)13-4-5-19-11-13;/h1-3,10,13,19H,4-9,11H2;1H. The fourth-order valence-corrected chi connectivity index (χ4v) is 4.71. The van der Waals surface area contributed by atoms with Gasteiger partial charge in [0, 0.05) is 38.8 Å². The van der Waals surface area contributed by atoms with Gasteiger partial charge in [-0.15, -0.1) is 12.4 Å². The van der Waals surface area contributed by atoms with E-state index in [-0.39, 0.29) is 17.3 Å². The van der Waals surface area contributed by atoms with E-state index in [4.69, 9.17) is 0 Å². The maximum absolute atomic E-state index is 12.8. The topological polar surface area (TPSA) is 52.7 Å². The molecule has 1 unspecified atom stereocenters. The first kappa shape index (κ1) is 20.4. The third kappa shape index (κ3) is 4.46. The second-order valence-corrected chi connectivity index (χ2v) is 8.05. The van der Waals surface area contributed by atoms with Crippen LogP contribution in [0.4, 0.5) is 13.2 Å². The average molecular weight is 400 g/mol. The summed E-state index contributed by atoms with van der Waals surface area (Å²) < 4.78 is 64.9. The monoisotopic (exact) mass is 399 g/mol. The van der Waals surface area contributed by atoms with Crippen molar-refractivity contribution in [1.82, 2.24) is 14.5 Å². The molecule has 0 spiro atoms. The first-order chi connectivity index (χ1) is 11.3. The highest BCUT2D eigenvalue weighted by Gasteiger charge is 2.35. The molecule has 10 heteroatoms. The fraction of sp³-hybridized carbons (Fsp3) is 0.600. The van der Waals surface area contributed by atoms with Gasteiger partial charge in [0.15, 0.2) is 0 Å². The van der Waals surface area contributed by atoms with E-state index < -0.39 is 21.8 Å². The second-order valence-electron chi connectivity index (χ2n) is 6.11. The molecule has 3 rings (SSSR count). The van der Waals surface area contributed by atoms with Gasteiger partial charge in [-0.2, -0.15) is 17.5 Å². The highest BCUT2D eigenvalue weighted by molar-refractivity contribution is 7.89. The normalized spacial score (nSPS) is 23.4. The molecule has 2 fully saturated rings. The van der Waals surface area contributed by atoms with Crippen LogP contribution in [0.2, 0.25) is 0 Å². The van der Waals surface area contributed by atoms with Gasteiger partial charge in [-0.3, -0.25) is 4.90 Å². The minimum absolute atomic E-state index is 0. The van der Waals surface area contributed by atoms with Gasteiger partial charge in [0.1, 0.15) is 0 Å². The maximum Gasteiger partial charge on any atom is 0.416 e. The van der Waals surface area contributed by atoms with Gasteiger partial charge >= 0.3 is 6.18 Å². The number of piperazine rings is 1. The molecule has 0 aromatic heterocycles. The lowest BCUT2D eigenvalue weighted by Gasteiger charge is -2.37. The number of hydrogen-bond donors (Lipinski definition) is 1. The van der Waals surface area contributed by atoms with E-state index in [1.54, 1.807) is 0 Å². The van der Waals surface area contributed by atoms with Gasteiger partial charge in [0.25, 0.3) is 0 Å². The van der Waals surface area contributed by atoms with Crippen LogP contribution in [-0.2, 0) is 16.2 Å². The van der Waals surface area contributed by atoms with E-state index in [0.29, 0.717) is 38.3 Å². The minimum Gasteiger partial charge on any atom is -0.315 e. The Morgan fingerprint density at radius 3 is 2.36 bits per heavy atom. The van der Waals surface area contributed by atoms with Crippen LogP contribution in [0.25, 0.3) is 0 Å². The summed E-state index contributed by atoms with van der Waals surface area (Å²) >= 11 is 0. The Bertz CT molecular complexity index is 686. The third-order valence-corrected chi connectivity index (χ3v) is 6.52. The summed E-state index contributed by atoms with van der Waals surface area (Å²) in [7, 11) is -3.90. The van der Waals surface area contributed by atoms with E-state index >= 15 is 0 Å². The van der Waals surface area contributed by atoms with Crippen molar-refractivity contribution in [2.24, 2.45) is 0 Å². The molecule has 1 aromatic rings. The number of benzene rings is 1. The molecule has 2 aliphatic rings. The number of nitrogens with one attached hydrogen (secondary N) is 1. The number of hydrogen-bond acceptors (Lipinski definition) is 4. The zero-order valence-corrected chi connectivity index (χ0v) is 15.1. The molecular weight excluding hydrogens is 379 g/mol.